The van der Waals surface area contributed by atoms with Crippen LogP contribution in [0.1, 0.15) is 19.4 Å². The molecule has 0 aromatic carbocycles. The molecule has 0 aliphatic heterocycles. The highest BCUT2D eigenvalue weighted by atomic mass is 16.3. The third-order valence-electron chi connectivity index (χ3n) is 1.45. The van der Waals surface area contributed by atoms with Crippen LogP contribution in [0.15, 0.2) is 23.0 Å². The highest BCUT2D eigenvalue weighted by molar-refractivity contribution is 5.26. The predicted molar refractivity (Wildman–Crippen MR) is 41.7 cm³/mol. The molecule has 2 heteroatoms. The van der Waals surface area contributed by atoms with Gasteiger partial charge in [0.2, 0.25) is 0 Å². The van der Waals surface area contributed by atoms with Gasteiger partial charge in [-0.15, -0.1) is 5.92 Å². The zero-order chi connectivity index (χ0) is 8.32. The van der Waals surface area contributed by atoms with Crippen LogP contribution < -0.4 is 0 Å². The molecule has 0 aliphatic carbocycles. The molecule has 1 aromatic rings. The molecular weight excluding hydrogens is 140 g/mol. The summed E-state index contributed by atoms with van der Waals surface area (Å²) in [5, 5.41) is 9.64. The van der Waals surface area contributed by atoms with Crippen LogP contribution in [0.4, 0.5) is 0 Å². The van der Waals surface area contributed by atoms with Crippen molar-refractivity contribution in [2.75, 3.05) is 0 Å². The van der Waals surface area contributed by atoms with E-state index in [0.29, 0.717) is 5.56 Å². The van der Waals surface area contributed by atoms with Crippen LogP contribution in [0.25, 0.3) is 0 Å². The minimum absolute atomic E-state index is 0.687. The molecule has 0 fully saturated rings. The molecule has 0 saturated heterocycles. The van der Waals surface area contributed by atoms with Gasteiger partial charge in [-0.1, -0.05) is 5.92 Å². The molecule has 0 saturated carbocycles. The van der Waals surface area contributed by atoms with Crippen LogP contribution in [0.5, 0.6) is 0 Å². The topological polar surface area (TPSA) is 33.4 Å². The standard InChI is InChI=1S/C9H10O2/c1-3-5-9(2,10)8-4-6-11-7-8/h4,6-7,10H,1-2H3. The van der Waals surface area contributed by atoms with Crippen molar-refractivity contribution in [3.05, 3.63) is 24.2 Å². The van der Waals surface area contributed by atoms with Crippen molar-refractivity contribution in [3.63, 3.8) is 0 Å². The van der Waals surface area contributed by atoms with Crippen LogP contribution in [0.3, 0.4) is 0 Å². The van der Waals surface area contributed by atoms with E-state index in [1.807, 2.05) is 0 Å². The predicted octanol–water partition coefficient (Wildman–Crippen LogP) is 1.51. The summed E-state index contributed by atoms with van der Waals surface area (Å²) in [5.41, 5.74) is -0.395. The van der Waals surface area contributed by atoms with Gasteiger partial charge in [0.1, 0.15) is 0 Å². The smallest absolute Gasteiger partial charge is 0.151 e. The minimum atomic E-state index is -1.08. The van der Waals surface area contributed by atoms with Crippen LogP contribution in [-0.2, 0) is 5.60 Å². The Morgan fingerprint density at radius 3 is 2.82 bits per heavy atom. The molecule has 1 unspecified atom stereocenters. The number of hydrogen-bond donors (Lipinski definition) is 1. The molecule has 1 aromatic heterocycles. The van der Waals surface area contributed by atoms with Gasteiger partial charge >= 0.3 is 0 Å². The summed E-state index contributed by atoms with van der Waals surface area (Å²) >= 11 is 0. The molecule has 2 nitrogen and oxygen atoms in total. The minimum Gasteiger partial charge on any atom is -0.472 e. The Hall–Kier alpha value is -1.20. The normalized spacial score (nSPS) is 14.8. The van der Waals surface area contributed by atoms with Crippen LogP contribution >= 0.6 is 0 Å². The zero-order valence-corrected chi connectivity index (χ0v) is 6.59. The van der Waals surface area contributed by atoms with Crippen molar-refractivity contribution >= 4 is 0 Å². The van der Waals surface area contributed by atoms with Gasteiger partial charge in [0.15, 0.2) is 5.60 Å². The molecule has 0 spiro atoms. The van der Waals surface area contributed by atoms with E-state index in [2.05, 4.69) is 11.8 Å². The summed E-state index contributed by atoms with van der Waals surface area (Å²) in [7, 11) is 0. The Morgan fingerprint density at radius 2 is 2.36 bits per heavy atom. The summed E-state index contributed by atoms with van der Waals surface area (Å²) in [5.74, 6) is 5.32. The van der Waals surface area contributed by atoms with Gasteiger partial charge in [0.05, 0.1) is 12.5 Å². The molecule has 11 heavy (non-hydrogen) atoms. The molecule has 1 rings (SSSR count). The van der Waals surface area contributed by atoms with Crippen molar-refractivity contribution in [3.8, 4) is 11.8 Å². The molecule has 0 aliphatic rings. The first-order valence-electron chi connectivity index (χ1n) is 3.36. The van der Waals surface area contributed by atoms with Gasteiger partial charge in [-0.25, -0.2) is 0 Å². The fraction of sp³-hybridized carbons (Fsp3) is 0.333. The Balaban J connectivity index is 2.96. The largest absolute Gasteiger partial charge is 0.472 e. The summed E-state index contributed by atoms with van der Waals surface area (Å²) in [6.07, 6.45) is 3.01. The first-order chi connectivity index (χ1) is 5.17. The van der Waals surface area contributed by atoms with Crippen LogP contribution in [-0.4, -0.2) is 5.11 Å². The number of rotatable bonds is 1. The fourth-order valence-electron chi connectivity index (χ4n) is 0.857. The van der Waals surface area contributed by atoms with E-state index in [4.69, 9.17) is 4.42 Å². The van der Waals surface area contributed by atoms with Crippen molar-refractivity contribution in [1.29, 1.82) is 0 Å². The fourth-order valence-corrected chi connectivity index (χ4v) is 0.857. The summed E-state index contributed by atoms with van der Waals surface area (Å²) in [6.45, 7) is 3.32. The van der Waals surface area contributed by atoms with Crippen molar-refractivity contribution in [2.24, 2.45) is 0 Å². The van der Waals surface area contributed by atoms with Crippen molar-refractivity contribution < 1.29 is 9.52 Å². The van der Waals surface area contributed by atoms with E-state index in [1.165, 1.54) is 12.5 Å². The lowest BCUT2D eigenvalue weighted by atomic mass is 10.0. The van der Waals surface area contributed by atoms with Gasteiger partial charge < -0.3 is 9.52 Å². The summed E-state index contributed by atoms with van der Waals surface area (Å²) in [6, 6.07) is 1.70. The average Bonchev–Trinajstić information content (AvgIpc) is 2.37. The second-order valence-electron chi connectivity index (χ2n) is 2.46. The Bertz CT molecular complexity index is 272. The lowest BCUT2D eigenvalue weighted by Crippen LogP contribution is -2.17. The maximum Gasteiger partial charge on any atom is 0.151 e. The summed E-state index contributed by atoms with van der Waals surface area (Å²) < 4.78 is 4.82. The maximum atomic E-state index is 9.64. The number of aliphatic hydroxyl groups is 1. The van der Waals surface area contributed by atoms with Gasteiger partial charge in [0.25, 0.3) is 0 Å². The first kappa shape index (κ1) is 7.90. The van der Waals surface area contributed by atoms with E-state index in [-0.39, 0.29) is 0 Å². The van der Waals surface area contributed by atoms with Gasteiger partial charge in [-0.3, -0.25) is 0 Å². The van der Waals surface area contributed by atoms with E-state index in [1.54, 1.807) is 19.9 Å². The average molecular weight is 150 g/mol. The quantitative estimate of drug-likeness (QED) is 0.615. The number of furan rings is 1. The molecule has 1 atom stereocenters. The molecule has 0 bridgehead atoms. The molecule has 1 heterocycles. The van der Waals surface area contributed by atoms with Crippen molar-refractivity contribution in [1.82, 2.24) is 0 Å². The third-order valence-corrected chi connectivity index (χ3v) is 1.45. The molecule has 58 valence electrons. The monoisotopic (exact) mass is 150 g/mol. The third kappa shape index (κ3) is 1.63. The van der Waals surface area contributed by atoms with Crippen molar-refractivity contribution in [2.45, 2.75) is 19.4 Å². The Labute approximate surface area is 65.8 Å². The highest BCUT2D eigenvalue weighted by Crippen LogP contribution is 2.19. The van der Waals surface area contributed by atoms with E-state index >= 15 is 0 Å². The molecule has 0 radical (unpaired) electrons. The number of hydrogen-bond acceptors (Lipinski definition) is 2. The SMILES string of the molecule is CC#CC(C)(O)c1ccoc1. The Kier molecular flexibility index (Phi) is 2.02. The Morgan fingerprint density at radius 1 is 1.64 bits per heavy atom. The lowest BCUT2D eigenvalue weighted by molar-refractivity contribution is 0.121. The van der Waals surface area contributed by atoms with Crippen LogP contribution in [0, 0.1) is 11.8 Å². The first-order valence-corrected chi connectivity index (χ1v) is 3.36. The molecule has 0 amide bonds. The summed E-state index contributed by atoms with van der Waals surface area (Å²) in [4.78, 5) is 0. The second-order valence-corrected chi connectivity index (χ2v) is 2.46. The second kappa shape index (κ2) is 2.81. The van der Waals surface area contributed by atoms with E-state index in [9.17, 15) is 5.11 Å². The zero-order valence-electron chi connectivity index (χ0n) is 6.59. The maximum absolute atomic E-state index is 9.64. The van der Waals surface area contributed by atoms with E-state index in [0.717, 1.165) is 0 Å². The van der Waals surface area contributed by atoms with Crippen LogP contribution in [0.2, 0.25) is 0 Å². The highest BCUT2D eigenvalue weighted by Gasteiger charge is 2.20. The molecule has 1 N–H and O–H groups in total. The molecular formula is C9H10O2. The van der Waals surface area contributed by atoms with Gasteiger partial charge in [-0.05, 0) is 19.9 Å². The lowest BCUT2D eigenvalue weighted by Gasteiger charge is -2.12. The van der Waals surface area contributed by atoms with Gasteiger partial charge in [0, 0.05) is 5.56 Å². The van der Waals surface area contributed by atoms with E-state index < -0.39 is 5.60 Å². The van der Waals surface area contributed by atoms with Gasteiger partial charge in [-0.2, -0.15) is 0 Å².